The second-order valence-electron chi connectivity index (χ2n) is 6.58. The van der Waals surface area contributed by atoms with Gasteiger partial charge in [-0.2, -0.15) is 0 Å². The van der Waals surface area contributed by atoms with E-state index < -0.39 is 0 Å². The highest BCUT2D eigenvalue weighted by molar-refractivity contribution is 5.79. The fourth-order valence-corrected chi connectivity index (χ4v) is 3.53. The molecule has 0 bridgehead atoms. The van der Waals surface area contributed by atoms with Gasteiger partial charge in [0.05, 0.1) is 0 Å². The predicted molar refractivity (Wildman–Crippen MR) is 97.2 cm³/mol. The summed E-state index contributed by atoms with van der Waals surface area (Å²) >= 11 is 0. The second-order valence-corrected chi connectivity index (χ2v) is 6.58. The van der Waals surface area contributed by atoms with Gasteiger partial charge in [0, 0.05) is 32.3 Å². The molecule has 2 atom stereocenters. The van der Waals surface area contributed by atoms with Crippen LogP contribution in [-0.4, -0.2) is 40.2 Å². The van der Waals surface area contributed by atoms with Gasteiger partial charge in [0.15, 0.2) is 11.6 Å². The molecule has 0 saturated heterocycles. The minimum Gasteiger partial charge on any atom is -0.356 e. The first-order chi connectivity index (χ1) is 11.8. The summed E-state index contributed by atoms with van der Waals surface area (Å²) in [4.78, 5) is 4.37. The van der Waals surface area contributed by atoms with Crippen LogP contribution in [0.4, 0.5) is 0 Å². The van der Waals surface area contributed by atoms with Gasteiger partial charge in [-0.3, -0.25) is 9.39 Å². The molecule has 2 N–H and O–H groups in total. The Bertz CT molecular complexity index is 677. The molecule has 2 heterocycles. The lowest BCUT2D eigenvalue weighted by atomic mass is 9.84. The van der Waals surface area contributed by atoms with Gasteiger partial charge in [-0.1, -0.05) is 32.3 Å². The molecular weight excluding hydrogens is 300 g/mol. The molecule has 2 aromatic heterocycles. The van der Waals surface area contributed by atoms with Crippen LogP contribution < -0.4 is 10.6 Å². The number of fused-ring (bicyclic) bond motifs is 1. The zero-order valence-electron chi connectivity index (χ0n) is 14.7. The number of aliphatic imine (C=N–C) groups is 1. The molecule has 2 aromatic rings. The average molecular weight is 328 g/mol. The van der Waals surface area contributed by atoms with Crippen LogP contribution in [0.1, 0.15) is 44.9 Å². The van der Waals surface area contributed by atoms with Crippen molar-refractivity contribution in [1.29, 1.82) is 0 Å². The third-order valence-corrected chi connectivity index (χ3v) is 4.95. The van der Waals surface area contributed by atoms with Crippen molar-refractivity contribution in [1.82, 2.24) is 25.2 Å². The van der Waals surface area contributed by atoms with Crippen molar-refractivity contribution in [3.63, 3.8) is 0 Å². The third-order valence-electron chi connectivity index (χ3n) is 4.95. The molecule has 6 nitrogen and oxygen atoms in total. The zero-order chi connectivity index (χ0) is 16.8. The maximum atomic E-state index is 4.37. The molecule has 6 heteroatoms. The Labute approximate surface area is 143 Å². The molecule has 24 heavy (non-hydrogen) atoms. The number of aromatic nitrogens is 3. The lowest BCUT2D eigenvalue weighted by Gasteiger charge is -2.30. The fraction of sp³-hybridized carbons (Fsp3) is 0.611. The fourth-order valence-electron chi connectivity index (χ4n) is 3.53. The minimum absolute atomic E-state index is 0.545. The van der Waals surface area contributed by atoms with Gasteiger partial charge in [-0.25, -0.2) is 0 Å². The van der Waals surface area contributed by atoms with Crippen molar-refractivity contribution in [3.8, 4) is 0 Å². The van der Waals surface area contributed by atoms with Crippen LogP contribution in [0.15, 0.2) is 29.4 Å². The monoisotopic (exact) mass is 328 g/mol. The van der Waals surface area contributed by atoms with E-state index in [0.29, 0.717) is 6.04 Å². The highest BCUT2D eigenvalue weighted by Crippen LogP contribution is 2.26. The summed E-state index contributed by atoms with van der Waals surface area (Å²) < 4.78 is 2.03. The zero-order valence-corrected chi connectivity index (χ0v) is 14.7. The van der Waals surface area contributed by atoms with E-state index in [0.717, 1.165) is 36.3 Å². The SMILES string of the molecule is CCC1CCCC(NC(=NC)NCCc2nnc3ccccn23)C1. The summed E-state index contributed by atoms with van der Waals surface area (Å²) in [6, 6.07) is 6.49. The molecule has 0 amide bonds. The van der Waals surface area contributed by atoms with Crippen LogP contribution in [-0.2, 0) is 6.42 Å². The van der Waals surface area contributed by atoms with Crippen molar-refractivity contribution in [2.45, 2.75) is 51.5 Å². The summed E-state index contributed by atoms with van der Waals surface area (Å²) in [5, 5.41) is 15.4. The topological polar surface area (TPSA) is 66.6 Å². The van der Waals surface area contributed by atoms with Crippen LogP contribution in [0.5, 0.6) is 0 Å². The molecule has 0 aliphatic heterocycles. The third kappa shape index (κ3) is 4.04. The summed E-state index contributed by atoms with van der Waals surface area (Å²) in [7, 11) is 1.84. The van der Waals surface area contributed by atoms with Gasteiger partial charge < -0.3 is 10.6 Å². The lowest BCUT2D eigenvalue weighted by molar-refractivity contribution is 0.298. The van der Waals surface area contributed by atoms with Gasteiger partial charge in [-0.05, 0) is 30.9 Å². The summed E-state index contributed by atoms with van der Waals surface area (Å²) in [6.07, 6.45) is 9.29. The minimum atomic E-state index is 0.545. The first kappa shape index (κ1) is 16.7. The summed E-state index contributed by atoms with van der Waals surface area (Å²) in [5.74, 6) is 2.72. The van der Waals surface area contributed by atoms with E-state index in [2.05, 4.69) is 32.7 Å². The summed E-state index contributed by atoms with van der Waals surface area (Å²) in [6.45, 7) is 3.09. The molecule has 1 fully saturated rings. The molecule has 1 aliphatic rings. The number of guanidine groups is 1. The quantitative estimate of drug-likeness (QED) is 0.653. The molecule has 1 aliphatic carbocycles. The van der Waals surface area contributed by atoms with E-state index in [9.17, 15) is 0 Å². The Morgan fingerprint density at radius 2 is 2.25 bits per heavy atom. The Morgan fingerprint density at radius 3 is 3.08 bits per heavy atom. The smallest absolute Gasteiger partial charge is 0.191 e. The van der Waals surface area contributed by atoms with E-state index in [4.69, 9.17) is 0 Å². The van der Waals surface area contributed by atoms with Gasteiger partial charge in [0.1, 0.15) is 5.82 Å². The van der Waals surface area contributed by atoms with Crippen molar-refractivity contribution in [2.24, 2.45) is 10.9 Å². The summed E-state index contributed by atoms with van der Waals surface area (Å²) in [5.41, 5.74) is 0.892. The Hall–Kier alpha value is -2.11. The van der Waals surface area contributed by atoms with E-state index in [1.165, 1.54) is 32.1 Å². The van der Waals surface area contributed by atoms with Crippen LogP contribution in [0.2, 0.25) is 0 Å². The van der Waals surface area contributed by atoms with Gasteiger partial charge in [0.2, 0.25) is 0 Å². The number of nitrogens with zero attached hydrogens (tertiary/aromatic N) is 4. The van der Waals surface area contributed by atoms with E-state index in [-0.39, 0.29) is 0 Å². The number of rotatable bonds is 5. The molecule has 130 valence electrons. The molecule has 1 saturated carbocycles. The van der Waals surface area contributed by atoms with Crippen LogP contribution in [0.3, 0.4) is 0 Å². The normalized spacial score (nSPS) is 21.8. The first-order valence-electron chi connectivity index (χ1n) is 9.06. The Morgan fingerprint density at radius 1 is 1.33 bits per heavy atom. The number of hydrogen-bond donors (Lipinski definition) is 2. The van der Waals surface area contributed by atoms with Crippen LogP contribution in [0, 0.1) is 5.92 Å². The molecule has 0 aromatic carbocycles. The van der Waals surface area contributed by atoms with E-state index >= 15 is 0 Å². The Kier molecular flexibility index (Phi) is 5.67. The molecule has 3 rings (SSSR count). The van der Waals surface area contributed by atoms with Crippen molar-refractivity contribution in [2.75, 3.05) is 13.6 Å². The highest BCUT2D eigenvalue weighted by Gasteiger charge is 2.21. The standard InChI is InChI=1S/C18H28N6/c1-3-14-7-6-8-15(13-14)21-18(19-2)20-11-10-17-23-22-16-9-4-5-12-24(16)17/h4-5,9,12,14-15H,3,6-8,10-11,13H2,1-2H3,(H2,19,20,21). The maximum absolute atomic E-state index is 4.37. The molecular formula is C18H28N6. The van der Waals surface area contributed by atoms with Gasteiger partial charge in [0.25, 0.3) is 0 Å². The van der Waals surface area contributed by atoms with Gasteiger partial charge >= 0.3 is 0 Å². The Balaban J connectivity index is 1.49. The molecule has 2 unspecified atom stereocenters. The van der Waals surface area contributed by atoms with Gasteiger partial charge in [-0.15, -0.1) is 10.2 Å². The second kappa shape index (κ2) is 8.13. The van der Waals surface area contributed by atoms with E-state index in [1.54, 1.807) is 0 Å². The average Bonchev–Trinajstić information content (AvgIpc) is 3.04. The maximum Gasteiger partial charge on any atom is 0.191 e. The van der Waals surface area contributed by atoms with Crippen LogP contribution in [0.25, 0.3) is 5.65 Å². The first-order valence-corrected chi connectivity index (χ1v) is 9.06. The van der Waals surface area contributed by atoms with Crippen molar-refractivity contribution < 1.29 is 0 Å². The number of nitrogens with one attached hydrogen (secondary N) is 2. The lowest BCUT2D eigenvalue weighted by Crippen LogP contribution is -2.45. The predicted octanol–water partition coefficient (Wildman–Crippen LogP) is 2.41. The van der Waals surface area contributed by atoms with E-state index in [1.807, 2.05) is 35.8 Å². The van der Waals surface area contributed by atoms with Crippen molar-refractivity contribution in [3.05, 3.63) is 30.2 Å². The van der Waals surface area contributed by atoms with Crippen molar-refractivity contribution >= 4 is 11.6 Å². The molecule has 0 radical (unpaired) electrons. The van der Waals surface area contributed by atoms with Crippen LogP contribution >= 0.6 is 0 Å². The molecule has 0 spiro atoms. The number of hydrogen-bond acceptors (Lipinski definition) is 3. The largest absolute Gasteiger partial charge is 0.356 e. The highest BCUT2D eigenvalue weighted by atomic mass is 15.2. The number of pyridine rings is 1.